The fourth-order valence-electron chi connectivity index (χ4n) is 4.33. The second-order valence-electron chi connectivity index (χ2n) is 8.32. The molecule has 2 aliphatic heterocycles. The van der Waals surface area contributed by atoms with E-state index < -0.39 is 4.92 Å². The Balaban J connectivity index is 1.40. The van der Waals surface area contributed by atoms with Gasteiger partial charge in [-0.25, -0.2) is 4.98 Å². The maximum atomic E-state index is 12.7. The highest BCUT2D eigenvalue weighted by Gasteiger charge is 2.31. The van der Waals surface area contributed by atoms with E-state index in [0.717, 1.165) is 12.8 Å². The molecule has 178 valence electrons. The predicted octanol–water partition coefficient (Wildman–Crippen LogP) is 2.33. The Morgan fingerprint density at radius 3 is 2.79 bits per heavy atom. The number of fused-ring (bicyclic) bond motifs is 1. The molecule has 5 rings (SSSR count). The molecule has 2 fully saturated rings. The number of imidazole rings is 1. The number of benzene rings is 1. The largest absolute Gasteiger partial charge is 0.368 e. The predicted molar refractivity (Wildman–Crippen MR) is 125 cm³/mol. The monoisotopic (exact) mass is 466 g/mol. The summed E-state index contributed by atoms with van der Waals surface area (Å²) in [5, 5.41) is 14.4. The van der Waals surface area contributed by atoms with E-state index in [1.807, 2.05) is 21.3 Å². The lowest BCUT2D eigenvalue weighted by Gasteiger charge is -2.35. The van der Waals surface area contributed by atoms with Gasteiger partial charge in [-0.15, -0.1) is 0 Å². The molecule has 12 nitrogen and oxygen atoms in total. The summed E-state index contributed by atoms with van der Waals surface area (Å²) in [7, 11) is 0. The number of carbonyl (C=O) groups excluding carboxylic acids is 1. The average molecular weight is 467 g/mol. The third kappa shape index (κ3) is 4.23. The highest BCUT2D eigenvalue weighted by molar-refractivity contribution is 5.87. The molecule has 0 bridgehead atoms. The zero-order valence-electron chi connectivity index (χ0n) is 18.9. The number of nitrogens with one attached hydrogen (secondary N) is 1. The highest BCUT2D eigenvalue weighted by atomic mass is 16.6. The maximum Gasteiger partial charge on any atom is 0.271 e. The first kappa shape index (κ1) is 22.0. The zero-order valence-corrected chi connectivity index (χ0v) is 18.9. The second-order valence-corrected chi connectivity index (χ2v) is 8.32. The van der Waals surface area contributed by atoms with E-state index in [4.69, 9.17) is 14.7 Å². The Bertz CT molecular complexity index is 1210. The molecule has 12 heteroatoms. The number of ether oxygens (including phenoxy) is 1. The first-order chi connectivity index (χ1) is 16.5. The van der Waals surface area contributed by atoms with Crippen molar-refractivity contribution in [3.8, 4) is 0 Å². The number of piperazine rings is 1. The average Bonchev–Trinajstić information content (AvgIpc) is 3.54. The maximum absolute atomic E-state index is 12.7. The molecule has 1 amide bonds. The lowest BCUT2D eigenvalue weighted by Crippen LogP contribution is -2.51. The molecule has 0 spiro atoms. The quantitative estimate of drug-likeness (QED) is 0.429. The van der Waals surface area contributed by atoms with Gasteiger partial charge in [-0.3, -0.25) is 14.9 Å². The van der Waals surface area contributed by atoms with Crippen LogP contribution in [-0.4, -0.2) is 74.1 Å². The molecular weight excluding hydrogens is 440 g/mol. The molecule has 0 radical (unpaired) electrons. The van der Waals surface area contributed by atoms with Gasteiger partial charge in [0.05, 0.1) is 11.3 Å². The number of nitrogens with zero attached hydrogens (tertiary/aromatic N) is 7. The van der Waals surface area contributed by atoms with Gasteiger partial charge in [0.1, 0.15) is 6.10 Å². The number of aromatic nitrogens is 4. The van der Waals surface area contributed by atoms with Crippen molar-refractivity contribution in [3.05, 3.63) is 40.7 Å². The Kier molecular flexibility index (Phi) is 5.97. The van der Waals surface area contributed by atoms with Gasteiger partial charge in [-0.05, 0) is 25.8 Å². The summed E-state index contributed by atoms with van der Waals surface area (Å²) < 4.78 is 7.48. The van der Waals surface area contributed by atoms with Crippen LogP contribution in [0.25, 0.3) is 11.2 Å². The van der Waals surface area contributed by atoms with Crippen molar-refractivity contribution < 1.29 is 14.5 Å². The van der Waals surface area contributed by atoms with Crippen molar-refractivity contribution in [2.24, 2.45) is 0 Å². The summed E-state index contributed by atoms with van der Waals surface area (Å²) in [6, 6.07) is 6.26. The minimum Gasteiger partial charge on any atom is -0.368 e. The molecule has 0 aliphatic carbocycles. The number of carbonyl (C=O) groups is 1. The lowest BCUT2D eigenvalue weighted by molar-refractivity contribution is -0.384. The summed E-state index contributed by atoms with van der Waals surface area (Å²) in [4.78, 5) is 41.3. The van der Waals surface area contributed by atoms with E-state index in [-0.39, 0.29) is 17.7 Å². The van der Waals surface area contributed by atoms with Gasteiger partial charge >= 0.3 is 0 Å². The van der Waals surface area contributed by atoms with Crippen molar-refractivity contribution in [2.75, 3.05) is 43.0 Å². The Labute approximate surface area is 195 Å². The number of aryl methyl sites for hydroxylation is 1. The lowest BCUT2D eigenvalue weighted by atomic mass is 10.2. The standard InChI is InChI=1S/C22H26N8O4/c1-2-27-14-23-18-19(24-15-5-3-6-16(13-15)30(32)33)25-22(26-20(18)27)29-10-8-28(9-11-29)21(31)17-7-4-12-34-17/h3,5-6,13-14,17H,2,4,7-12H2,1H3,(H,24,25,26). The van der Waals surface area contributed by atoms with Crippen LogP contribution >= 0.6 is 0 Å². The van der Waals surface area contributed by atoms with Gasteiger partial charge < -0.3 is 24.4 Å². The van der Waals surface area contributed by atoms with E-state index >= 15 is 0 Å². The fourth-order valence-corrected chi connectivity index (χ4v) is 4.33. The number of hydrogen-bond donors (Lipinski definition) is 1. The summed E-state index contributed by atoms with van der Waals surface area (Å²) in [5.41, 5.74) is 1.79. The van der Waals surface area contributed by atoms with Crippen LogP contribution < -0.4 is 10.2 Å². The topological polar surface area (TPSA) is 132 Å². The molecule has 1 N–H and O–H groups in total. The van der Waals surface area contributed by atoms with Gasteiger partial charge in [0.15, 0.2) is 17.0 Å². The van der Waals surface area contributed by atoms with Gasteiger partial charge in [-0.2, -0.15) is 9.97 Å². The van der Waals surface area contributed by atoms with Crippen molar-refractivity contribution in [1.29, 1.82) is 0 Å². The summed E-state index contributed by atoms with van der Waals surface area (Å²) >= 11 is 0. The number of nitro groups is 1. The van der Waals surface area contributed by atoms with Gasteiger partial charge in [0, 0.05) is 57.2 Å². The third-order valence-corrected chi connectivity index (χ3v) is 6.19. The van der Waals surface area contributed by atoms with Crippen LogP contribution in [0.15, 0.2) is 30.6 Å². The van der Waals surface area contributed by atoms with Crippen molar-refractivity contribution in [2.45, 2.75) is 32.4 Å². The Morgan fingerprint density at radius 1 is 1.26 bits per heavy atom. The van der Waals surface area contributed by atoms with Gasteiger partial charge in [0.25, 0.3) is 11.6 Å². The molecule has 2 saturated heterocycles. The summed E-state index contributed by atoms with van der Waals surface area (Å²) in [5.74, 6) is 1.07. The second kappa shape index (κ2) is 9.21. The van der Waals surface area contributed by atoms with Crippen molar-refractivity contribution in [3.63, 3.8) is 0 Å². The van der Waals surface area contributed by atoms with Crippen LogP contribution in [0.2, 0.25) is 0 Å². The molecule has 1 atom stereocenters. The van der Waals surface area contributed by atoms with Crippen LogP contribution in [0.1, 0.15) is 19.8 Å². The fraction of sp³-hybridized carbons (Fsp3) is 0.455. The normalized spacial score (nSPS) is 18.4. The summed E-state index contributed by atoms with van der Waals surface area (Å²) in [6.45, 7) is 5.68. The Hall–Kier alpha value is -3.80. The van der Waals surface area contributed by atoms with Crippen LogP contribution in [0.5, 0.6) is 0 Å². The number of rotatable bonds is 6. The van der Waals surface area contributed by atoms with Crippen molar-refractivity contribution >= 4 is 40.2 Å². The SMILES string of the molecule is CCn1cnc2c(Nc3cccc([N+](=O)[O-])c3)nc(N3CCN(C(=O)C4CCCO4)CC3)nc21. The van der Waals surface area contributed by atoms with Crippen LogP contribution in [-0.2, 0) is 16.1 Å². The van der Waals surface area contributed by atoms with Gasteiger partial charge in [-0.1, -0.05) is 6.07 Å². The van der Waals surface area contributed by atoms with Crippen LogP contribution in [0.4, 0.5) is 23.1 Å². The first-order valence-corrected chi connectivity index (χ1v) is 11.4. The van der Waals surface area contributed by atoms with E-state index in [0.29, 0.717) is 67.9 Å². The van der Waals surface area contributed by atoms with Crippen LogP contribution in [0, 0.1) is 10.1 Å². The molecule has 2 aliphatic rings. The molecule has 1 aromatic carbocycles. The molecular formula is C22H26N8O4. The molecule has 3 aromatic rings. The number of non-ortho nitro benzene ring substituents is 1. The van der Waals surface area contributed by atoms with Gasteiger partial charge in [0.2, 0.25) is 5.95 Å². The minimum atomic E-state index is -0.435. The molecule has 34 heavy (non-hydrogen) atoms. The third-order valence-electron chi connectivity index (χ3n) is 6.19. The molecule has 1 unspecified atom stereocenters. The number of hydrogen-bond acceptors (Lipinski definition) is 9. The van der Waals surface area contributed by atoms with E-state index in [1.54, 1.807) is 18.5 Å². The van der Waals surface area contributed by atoms with E-state index in [9.17, 15) is 14.9 Å². The van der Waals surface area contributed by atoms with E-state index in [1.165, 1.54) is 12.1 Å². The summed E-state index contributed by atoms with van der Waals surface area (Å²) in [6.07, 6.45) is 3.10. The Morgan fingerprint density at radius 2 is 2.09 bits per heavy atom. The highest BCUT2D eigenvalue weighted by Crippen LogP contribution is 2.28. The van der Waals surface area contributed by atoms with E-state index in [2.05, 4.69) is 10.3 Å². The molecule has 0 saturated carbocycles. The van der Waals surface area contributed by atoms with Crippen LogP contribution in [0.3, 0.4) is 0 Å². The minimum absolute atomic E-state index is 0.0124. The number of anilines is 3. The smallest absolute Gasteiger partial charge is 0.271 e. The number of amides is 1. The molecule has 4 heterocycles. The van der Waals surface area contributed by atoms with Crippen molar-refractivity contribution in [1.82, 2.24) is 24.4 Å². The molecule has 2 aromatic heterocycles. The first-order valence-electron chi connectivity index (χ1n) is 11.4. The number of nitro benzene ring substituents is 1. The zero-order chi connectivity index (χ0) is 23.7.